The molecule has 7 heteroatoms. The highest BCUT2D eigenvalue weighted by Gasteiger charge is 2.20. The van der Waals surface area contributed by atoms with Gasteiger partial charge in [0.15, 0.2) is 0 Å². The first-order chi connectivity index (χ1) is 13.7. The molecule has 1 unspecified atom stereocenters. The molecule has 1 amide bonds. The molecule has 2 aromatic heterocycles. The van der Waals surface area contributed by atoms with Crippen LogP contribution in [-0.4, -0.2) is 28.5 Å². The first kappa shape index (κ1) is 19.7. The average molecular weight is 395 g/mol. The Bertz CT molecular complexity index is 913. The van der Waals surface area contributed by atoms with Crippen LogP contribution >= 0.6 is 11.3 Å². The summed E-state index contributed by atoms with van der Waals surface area (Å²) in [6, 6.07) is 14.6. The molecule has 0 fully saturated rings. The van der Waals surface area contributed by atoms with Gasteiger partial charge in [0.05, 0.1) is 36.9 Å². The molecule has 1 N–H and O–H groups in total. The standard InChI is InChI=1S/C21H21N3O3S/c1-2-27-20(26)13-18(15-8-4-3-5-9-15)24-19(25)12-16-14-28-21(23-16)17-10-6-7-11-22-17/h3-11,14,18H,2,12-13H2,1H3,(H,24,25). The van der Waals surface area contributed by atoms with Gasteiger partial charge in [-0.3, -0.25) is 14.6 Å². The van der Waals surface area contributed by atoms with Crippen LogP contribution in [0.5, 0.6) is 0 Å². The number of nitrogens with one attached hydrogen (secondary N) is 1. The summed E-state index contributed by atoms with van der Waals surface area (Å²) in [5.41, 5.74) is 2.31. The van der Waals surface area contributed by atoms with Crippen molar-refractivity contribution in [2.24, 2.45) is 0 Å². The second kappa shape index (κ2) is 9.75. The van der Waals surface area contributed by atoms with Crippen LogP contribution in [0.3, 0.4) is 0 Å². The zero-order chi connectivity index (χ0) is 19.8. The number of hydrogen-bond acceptors (Lipinski definition) is 6. The maximum absolute atomic E-state index is 12.6. The van der Waals surface area contributed by atoms with E-state index in [9.17, 15) is 9.59 Å². The fourth-order valence-electron chi connectivity index (χ4n) is 2.73. The minimum Gasteiger partial charge on any atom is -0.466 e. The van der Waals surface area contributed by atoms with Crippen molar-refractivity contribution in [1.82, 2.24) is 15.3 Å². The summed E-state index contributed by atoms with van der Waals surface area (Å²) in [6.45, 7) is 2.07. The Labute approximate surface area is 167 Å². The van der Waals surface area contributed by atoms with Crippen molar-refractivity contribution in [3.63, 3.8) is 0 Å². The number of benzene rings is 1. The van der Waals surface area contributed by atoms with Crippen LogP contribution in [0.4, 0.5) is 0 Å². The van der Waals surface area contributed by atoms with Crippen LogP contribution in [-0.2, 0) is 20.7 Å². The minimum atomic E-state index is -0.443. The van der Waals surface area contributed by atoms with E-state index in [0.717, 1.165) is 16.3 Å². The van der Waals surface area contributed by atoms with E-state index in [1.807, 2.05) is 53.9 Å². The number of carbonyl (C=O) groups is 2. The number of nitrogens with zero attached hydrogens (tertiary/aromatic N) is 2. The highest BCUT2D eigenvalue weighted by molar-refractivity contribution is 7.13. The lowest BCUT2D eigenvalue weighted by Crippen LogP contribution is -2.31. The zero-order valence-electron chi connectivity index (χ0n) is 15.5. The maximum Gasteiger partial charge on any atom is 0.308 e. The number of thiazole rings is 1. The van der Waals surface area contributed by atoms with E-state index in [4.69, 9.17) is 4.74 Å². The summed E-state index contributed by atoms with van der Waals surface area (Å²) in [7, 11) is 0. The van der Waals surface area contributed by atoms with Crippen LogP contribution in [0.1, 0.15) is 30.6 Å². The van der Waals surface area contributed by atoms with E-state index >= 15 is 0 Å². The Morgan fingerprint density at radius 2 is 1.93 bits per heavy atom. The fraction of sp³-hybridized carbons (Fsp3) is 0.238. The van der Waals surface area contributed by atoms with E-state index in [0.29, 0.717) is 12.3 Å². The molecular weight excluding hydrogens is 374 g/mol. The normalized spacial score (nSPS) is 11.6. The quantitative estimate of drug-likeness (QED) is 0.590. The highest BCUT2D eigenvalue weighted by atomic mass is 32.1. The lowest BCUT2D eigenvalue weighted by molar-refractivity contribution is -0.143. The molecule has 1 atom stereocenters. The molecule has 0 saturated heterocycles. The predicted molar refractivity (Wildman–Crippen MR) is 108 cm³/mol. The van der Waals surface area contributed by atoms with Gasteiger partial charge >= 0.3 is 5.97 Å². The molecule has 0 bridgehead atoms. The van der Waals surface area contributed by atoms with E-state index in [1.165, 1.54) is 11.3 Å². The molecule has 0 spiro atoms. The van der Waals surface area contributed by atoms with E-state index < -0.39 is 6.04 Å². The lowest BCUT2D eigenvalue weighted by Gasteiger charge is -2.18. The molecule has 0 aliphatic rings. The van der Waals surface area contributed by atoms with Gasteiger partial charge in [-0.2, -0.15) is 0 Å². The third-order valence-electron chi connectivity index (χ3n) is 3.99. The van der Waals surface area contributed by atoms with E-state index in [-0.39, 0.29) is 24.7 Å². The third kappa shape index (κ3) is 5.47. The third-order valence-corrected chi connectivity index (χ3v) is 4.90. The van der Waals surface area contributed by atoms with Crippen molar-refractivity contribution in [1.29, 1.82) is 0 Å². The van der Waals surface area contributed by atoms with Crippen molar-refractivity contribution in [2.75, 3.05) is 6.61 Å². The highest BCUT2D eigenvalue weighted by Crippen LogP contribution is 2.22. The molecule has 6 nitrogen and oxygen atoms in total. The summed E-state index contributed by atoms with van der Waals surface area (Å²) < 4.78 is 5.04. The number of ether oxygens (including phenoxy) is 1. The molecule has 0 radical (unpaired) electrons. The molecule has 144 valence electrons. The zero-order valence-corrected chi connectivity index (χ0v) is 16.3. The number of hydrogen-bond donors (Lipinski definition) is 1. The summed E-state index contributed by atoms with van der Waals surface area (Å²) in [5, 5.41) is 5.56. The largest absolute Gasteiger partial charge is 0.466 e. The van der Waals surface area contributed by atoms with Crippen LogP contribution in [0.25, 0.3) is 10.7 Å². The number of amides is 1. The van der Waals surface area contributed by atoms with Gasteiger partial charge in [0.2, 0.25) is 5.91 Å². The van der Waals surface area contributed by atoms with Gasteiger partial charge in [-0.15, -0.1) is 11.3 Å². The number of aromatic nitrogens is 2. The molecule has 28 heavy (non-hydrogen) atoms. The second-order valence-electron chi connectivity index (χ2n) is 6.08. The predicted octanol–water partition coefficient (Wildman–Crippen LogP) is 3.56. The topological polar surface area (TPSA) is 81.2 Å². The van der Waals surface area contributed by atoms with Gasteiger partial charge in [0, 0.05) is 11.6 Å². The van der Waals surface area contributed by atoms with Crippen molar-refractivity contribution >= 4 is 23.2 Å². The van der Waals surface area contributed by atoms with Gasteiger partial charge in [-0.25, -0.2) is 4.98 Å². The molecule has 3 rings (SSSR count). The van der Waals surface area contributed by atoms with Gasteiger partial charge in [0.25, 0.3) is 0 Å². The van der Waals surface area contributed by atoms with E-state index in [2.05, 4.69) is 15.3 Å². The summed E-state index contributed by atoms with van der Waals surface area (Å²) in [6.07, 6.45) is 1.93. The maximum atomic E-state index is 12.6. The molecule has 1 aromatic carbocycles. The molecule has 3 aromatic rings. The van der Waals surface area contributed by atoms with Gasteiger partial charge in [-0.05, 0) is 24.6 Å². The monoisotopic (exact) mass is 395 g/mol. The first-order valence-electron chi connectivity index (χ1n) is 9.01. The van der Waals surface area contributed by atoms with Crippen molar-refractivity contribution in [3.05, 3.63) is 71.4 Å². The SMILES string of the molecule is CCOC(=O)CC(NC(=O)Cc1csc(-c2ccccn2)n1)c1ccccc1. The number of pyridine rings is 1. The van der Waals surface area contributed by atoms with Crippen molar-refractivity contribution in [3.8, 4) is 10.7 Å². The Kier molecular flexibility index (Phi) is 6.86. The van der Waals surface area contributed by atoms with Crippen LogP contribution < -0.4 is 5.32 Å². The molecular formula is C21H21N3O3S. The lowest BCUT2D eigenvalue weighted by atomic mass is 10.0. The van der Waals surface area contributed by atoms with Gasteiger partial charge in [0.1, 0.15) is 5.01 Å². The summed E-state index contributed by atoms with van der Waals surface area (Å²) >= 11 is 1.45. The van der Waals surface area contributed by atoms with Crippen LogP contribution in [0, 0.1) is 0 Å². The Morgan fingerprint density at radius 1 is 1.14 bits per heavy atom. The van der Waals surface area contributed by atoms with Crippen LogP contribution in [0.2, 0.25) is 0 Å². The Hall–Kier alpha value is -3.06. The number of rotatable bonds is 8. The van der Waals surface area contributed by atoms with Gasteiger partial charge in [-0.1, -0.05) is 36.4 Å². The van der Waals surface area contributed by atoms with E-state index in [1.54, 1.807) is 13.1 Å². The Balaban J connectivity index is 1.67. The average Bonchev–Trinajstić information content (AvgIpc) is 3.17. The van der Waals surface area contributed by atoms with Gasteiger partial charge < -0.3 is 10.1 Å². The summed E-state index contributed by atoms with van der Waals surface area (Å²) in [4.78, 5) is 33.3. The van der Waals surface area contributed by atoms with Crippen molar-refractivity contribution in [2.45, 2.75) is 25.8 Å². The fourth-order valence-corrected chi connectivity index (χ4v) is 3.52. The second-order valence-corrected chi connectivity index (χ2v) is 6.93. The molecule has 0 saturated carbocycles. The number of esters is 1. The van der Waals surface area contributed by atoms with Crippen LogP contribution in [0.15, 0.2) is 60.1 Å². The summed E-state index contributed by atoms with van der Waals surface area (Å²) in [5.74, 6) is -0.543. The molecule has 0 aliphatic heterocycles. The molecule has 2 heterocycles. The molecule has 0 aliphatic carbocycles. The van der Waals surface area contributed by atoms with Crippen molar-refractivity contribution < 1.29 is 14.3 Å². The first-order valence-corrected chi connectivity index (χ1v) is 9.89. The minimum absolute atomic E-state index is 0.0832. The Morgan fingerprint density at radius 3 is 2.64 bits per heavy atom. The number of carbonyl (C=O) groups excluding carboxylic acids is 2. The smallest absolute Gasteiger partial charge is 0.308 e.